The van der Waals surface area contributed by atoms with Gasteiger partial charge >= 0.3 is 0 Å². The Kier molecular flexibility index (Phi) is 9.98. The van der Waals surface area contributed by atoms with Crippen molar-refractivity contribution >= 4 is 27.5 Å². The summed E-state index contributed by atoms with van der Waals surface area (Å²) >= 11 is 0. The fourth-order valence-electron chi connectivity index (χ4n) is 4.29. The minimum Gasteiger partial charge on any atom is -0.497 e. The molecule has 0 saturated heterocycles. The van der Waals surface area contributed by atoms with Crippen molar-refractivity contribution < 1.29 is 22.7 Å². The van der Waals surface area contributed by atoms with Crippen molar-refractivity contribution in [1.29, 1.82) is 0 Å². The highest BCUT2D eigenvalue weighted by molar-refractivity contribution is 7.92. The summed E-state index contributed by atoms with van der Waals surface area (Å²) in [5.41, 5.74) is 3.64. The number of hydrogen-bond acceptors (Lipinski definition) is 5. The van der Waals surface area contributed by atoms with Gasteiger partial charge < -0.3 is 15.0 Å². The molecule has 0 aromatic heterocycles. The molecule has 1 atom stereocenters. The molecule has 0 aliphatic rings. The van der Waals surface area contributed by atoms with Crippen molar-refractivity contribution in [1.82, 2.24) is 10.2 Å². The first-order chi connectivity index (χ1) is 18.8. The van der Waals surface area contributed by atoms with Crippen LogP contribution in [0.1, 0.15) is 43.0 Å². The number of nitrogens with one attached hydrogen (secondary N) is 1. The Labute approximate surface area is 238 Å². The lowest BCUT2D eigenvalue weighted by molar-refractivity contribution is -0.139. The van der Waals surface area contributed by atoms with Gasteiger partial charge in [0.25, 0.3) is 10.0 Å². The largest absolute Gasteiger partial charge is 0.497 e. The number of benzene rings is 3. The second-order valence-corrected chi connectivity index (χ2v) is 12.2. The third-order valence-corrected chi connectivity index (χ3v) is 8.38. The predicted molar refractivity (Wildman–Crippen MR) is 158 cm³/mol. The van der Waals surface area contributed by atoms with Gasteiger partial charge in [-0.3, -0.25) is 13.9 Å². The van der Waals surface area contributed by atoms with Crippen molar-refractivity contribution in [2.24, 2.45) is 0 Å². The first-order valence-corrected chi connectivity index (χ1v) is 14.7. The van der Waals surface area contributed by atoms with E-state index in [2.05, 4.69) is 5.32 Å². The van der Waals surface area contributed by atoms with Crippen LogP contribution in [-0.2, 0) is 26.2 Å². The predicted octanol–water partition coefficient (Wildman–Crippen LogP) is 4.76. The molecule has 0 spiro atoms. The molecule has 40 heavy (non-hydrogen) atoms. The van der Waals surface area contributed by atoms with Gasteiger partial charge in [0.2, 0.25) is 11.8 Å². The second-order valence-electron chi connectivity index (χ2n) is 10.3. The van der Waals surface area contributed by atoms with E-state index in [-0.39, 0.29) is 23.4 Å². The SMILES string of the molecule is COc1cccc(CN(C(=O)CN(c2cc(C)ccc2C)S(=O)(=O)c2ccc(C)cc2)[C@@H](C)C(=O)NC(C)C)c1. The molecular weight excluding hydrogens is 526 g/mol. The van der Waals surface area contributed by atoms with Gasteiger partial charge in [0.15, 0.2) is 0 Å². The zero-order chi connectivity index (χ0) is 29.6. The molecule has 0 aliphatic carbocycles. The Morgan fingerprint density at radius 1 is 0.900 bits per heavy atom. The maximum atomic E-state index is 14.1. The number of carbonyl (C=O) groups is 2. The average Bonchev–Trinajstić information content (AvgIpc) is 2.91. The van der Waals surface area contributed by atoms with E-state index in [4.69, 9.17) is 4.74 Å². The summed E-state index contributed by atoms with van der Waals surface area (Å²) < 4.78 is 34.5. The highest BCUT2D eigenvalue weighted by atomic mass is 32.2. The molecule has 214 valence electrons. The summed E-state index contributed by atoms with van der Waals surface area (Å²) in [6.07, 6.45) is 0. The summed E-state index contributed by atoms with van der Waals surface area (Å²) in [5, 5.41) is 2.86. The number of anilines is 1. The first kappa shape index (κ1) is 30.7. The van der Waals surface area contributed by atoms with E-state index in [1.54, 1.807) is 62.6 Å². The number of rotatable bonds is 11. The number of amides is 2. The van der Waals surface area contributed by atoms with Crippen molar-refractivity contribution in [3.8, 4) is 5.75 Å². The average molecular weight is 566 g/mol. The van der Waals surface area contributed by atoms with Crippen molar-refractivity contribution in [2.45, 2.75) is 65.1 Å². The lowest BCUT2D eigenvalue weighted by Crippen LogP contribution is -2.52. The van der Waals surface area contributed by atoms with Crippen LogP contribution in [-0.4, -0.2) is 50.9 Å². The molecule has 0 radical (unpaired) electrons. The summed E-state index contributed by atoms with van der Waals surface area (Å²) in [6.45, 7) is 10.5. The summed E-state index contributed by atoms with van der Waals surface area (Å²) in [6, 6.07) is 18.3. The molecule has 0 saturated carbocycles. The Balaban J connectivity index is 2.08. The zero-order valence-corrected chi connectivity index (χ0v) is 25.1. The van der Waals surface area contributed by atoms with Crippen LogP contribution < -0.4 is 14.4 Å². The van der Waals surface area contributed by atoms with Crippen molar-refractivity contribution in [3.63, 3.8) is 0 Å². The van der Waals surface area contributed by atoms with E-state index in [0.29, 0.717) is 17.0 Å². The van der Waals surface area contributed by atoms with Gasteiger partial charge in [0.1, 0.15) is 18.3 Å². The van der Waals surface area contributed by atoms with Crippen LogP contribution in [0.15, 0.2) is 71.6 Å². The molecule has 2 amide bonds. The van der Waals surface area contributed by atoms with Gasteiger partial charge in [-0.25, -0.2) is 8.42 Å². The third kappa shape index (κ3) is 7.41. The van der Waals surface area contributed by atoms with Gasteiger partial charge in [0, 0.05) is 12.6 Å². The second kappa shape index (κ2) is 13.0. The van der Waals surface area contributed by atoms with Gasteiger partial charge in [-0.2, -0.15) is 0 Å². The normalized spacial score (nSPS) is 12.1. The monoisotopic (exact) mass is 565 g/mol. The van der Waals surface area contributed by atoms with E-state index in [1.165, 1.54) is 4.90 Å². The van der Waals surface area contributed by atoms with E-state index < -0.39 is 28.5 Å². The van der Waals surface area contributed by atoms with Gasteiger partial charge in [-0.1, -0.05) is 42.0 Å². The molecular formula is C31H39N3O5S. The number of nitrogens with zero attached hydrogens (tertiary/aromatic N) is 2. The van der Waals surface area contributed by atoms with Crippen molar-refractivity contribution in [3.05, 3.63) is 89.0 Å². The number of ether oxygens (including phenoxy) is 1. The number of aryl methyl sites for hydroxylation is 3. The first-order valence-electron chi connectivity index (χ1n) is 13.2. The molecule has 3 aromatic rings. The van der Waals surface area contributed by atoms with Gasteiger partial charge in [0.05, 0.1) is 17.7 Å². The quantitative estimate of drug-likeness (QED) is 0.362. The van der Waals surface area contributed by atoms with E-state index in [0.717, 1.165) is 21.0 Å². The molecule has 1 N–H and O–H groups in total. The lowest BCUT2D eigenvalue weighted by Gasteiger charge is -2.33. The van der Waals surface area contributed by atoms with Crippen LogP contribution >= 0.6 is 0 Å². The number of carbonyl (C=O) groups excluding carboxylic acids is 2. The van der Waals surface area contributed by atoms with Crippen LogP contribution in [0, 0.1) is 20.8 Å². The Morgan fingerprint density at radius 2 is 1.55 bits per heavy atom. The Hall–Kier alpha value is -3.85. The minimum absolute atomic E-state index is 0.0803. The number of methoxy groups -OCH3 is 1. The summed E-state index contributed by atoms with van der Waals surface area (Å²) in [4.78, 5) is 28.6. The third-order valence-electron chi connectivity index (χ3n) is 6.61. The van der Waals surface area contributed by atoms with Crippen molar-refractivity contribution in [2.75, 3.05) is 18.0 Å². The van der Waals surface area contributed by atoms with E-state index >= 15 is 0 Å². The highest BCUT2D eigenvalue weighted by Crippen LogP contribution is 2.29. The topological polar surface area (TPSA) is 96.0 Å². The molecule has 0 aliphatic heterocycles. The maximum absolute atomic E-state index is 14.1. The molecule has 0 bridgehead atoms. The van der Waals surface area contributed by atoms with Gasteiger partial charge in [-0.15, -0.1) is 0 Å². The highest BCUT2D eigenvalue weighted by Gasteiger charge is 2.33. The maximum Gasteiger partial charge on any atom is 0.264 e. The smallest absolute Gasteiger partial charge is 0.264 e. The standard InChI is InChI=1S/C31H39N3O5S/c1-21(2)32-31(36)25(6)33(19-26-9-8-10-27(18-26)39-7)30(35)20-34(29-17-23(4)11-14-24(29)5)40(37,38)28-15-12-22(3)13-16-28/h8-18,21,25H,19-20H2,1-7H3,(H,32,36)/t25-/m0/s1. The molecule has 9 heteroatoms. The zero-order valence-electron chi connectivity index (χ0n) is 24.3. The number of hydrogen-bond donors (Lipinski definition) is 1. The van der Waals surface area contributed by atoms with Crippen LogP contribution in [0.4, 0.5) is 5.69 Å². The molecule has 3 aromatic carbocycles. The van der Waals surface area contributed by atoms with Crippen LogP contribution in [0.2, 0.25) is 0 Å². The molecule has 0 fully saturated rings. The molecule has 3 rings (SSSR count). The summed E-state index contributed by atoms with van der Waals surface area (Å²) in [5.74, 6) is -0.222. The minimum atomic E-state index is -4.12. The molecule has 0 heterocycles. The van der Waals surface area contributed by atoms with Crippen LogP contribution in [0.5, 0.6) is 5.75 Å². The van der Waals surface area contributed by atoms with Gasteiger partial charge in [-0.05, 0) is 88.6 Å². The van der Waals surface area contributed by atoms with Crippen LogP contribution in [0.25, 0.3) is 0 Å². The molecule has 0 unspecified atom stereocenters. The summed E-state index contributed by atoms with van der Waals surface area (Å²) in [7, 11) is -2.57. The van der Waals surface area contributed by atoms with E-state index in [9.17, 15) is 18.0 Å². The van der Waals surface area contributed by atoms with E-state index in [1.807, 2.05) is 52.8 Å². The fraction of sp³-hybridized carbons (Fsp3) is 0.355. The van der Waals surface area contributed by atoms with Crippen LogP contribution in [0.3, 0.4) is 0 Å². The fourth-order valence-corrected chi connectivity index (χ4v) is 5.76. The molecule has 8 nitrogen and oxygen atoms in total. The number of sulfonamides is 1. The Morgan fingerprint density at radius 3 is 2.17 bits per heavy atom. The lowest BCUT2D eigenvalue weighted by atomic mass is 10.1. The Bertz CT molecular complexity index is 1450.